The molecule has 1 aliphatic heterocycles. The second kappa shape index (κ2) is 6.58. The van der Waals surface area contributed by atoms with Crippen LogP contribution in [-0.2, 0) is 4.74 Å². The molecule has 0 saturated carbocycles. The van der Waals surface area contributed by atoms with Gasteiger partial charge in [-0.05, 0) is 31.0 Å². The highest BCUT2D eigenvalue weighted by Gasteiger charge is 2.18. The van der Waals surface area contributed by atoms with Crippen molar-refractivity contribution >= 4 is 29.3 Å². The second-order valence-corrected chi connectivity index (χ2v) is 4.92. The van der Waals surface area contributed by atoms with Crippen molar-refractivity contribution in [2.75, 3.05) is 18.5 Å². The fourth-order valence-electron chi connectivity index (χ4n) is 1.99. The molecule has 1 aliphatic rings. The number of aromatic carboxylic acids is 1. The lowest BCUT2D eigenvalue weighted by Gasteiger charge is -2.23. The van der Waals surface area contributed by atoms with Crippen molar-refractivity contribution in [1.29, 1.82) is 0 Å². The Morgan fingerprint density at radius 2 is 2.00 bits per heavy atom. The largest absolute Gasteiger partial charge is 0.478 e. The Kier molecular flexibility index (Phi) is 4.81. The maximum absolute atomic E-state index is 11.9. The molecule has 0 unspecified atom stereocenters. The predicted octanol–water partition coefficient (Wildman–Crippen LogP) is 2.34. The van der Waals surface area contributed by atoms with Crippen LogP contribution >= 0.6 is 11.6 Å². The molecule has 20 heavy (non-hydrogen) atoms. The minimum Gasteiger partial charge on any atom is -0.478 e. The number of nitrogens with one attached hydrogen (secondary N) is 2. The topological polar surface area (TPSA) is 87.7 Å². The Morgan fingerprint density at radius 1 is 1.30 bits per heavy atom. The summed E-state index contributed by atoms with van der Waals surface area (Å²) in [7, 11) is 0. The molecule has 3 N–H and O–H groups in total. The Hall–Kier alpha value is -1.79. The number of rotatable bonds is 3. The number of ether oxygens (including phenoxy) is 1. The summed E-state index contributed by atoms with van der Waals surface area (Å²) in [6, 6.07) is 3.91. The van der Waals surface area contributed by atoms with Crippen LogP contribution in [-0.4, -0.2) is 36.4 Å². The quantitative estimate of drug-likeness (QED) is 0.799. The van der Waals surface area contributed by atoms with Crippen LogP contribution in [0.5, 0.6) is 0 Å². The zero-order valence-electron chi connectivity index (χ0n) is 10.7. The van der Waals surface area contributed by atoms with Gasteiger partial charge >= 0.3 is 12.0 Å². The molecule has 1 heterocycles. The summed E-state index contributed by atoms with van der Waals surface area (Å²) in [6.07, 6.45) is 1.50. The number of amides is 2. The van der Waals surface area contributed by atoms with E-state index in [9.17, 15) is 9.59 Å². The standard InChI is InChI=1S/C13H15ClN2O4/c14-8-1-2-11(10(7-8)12(17)18)16-13(19)15-9-3-5-20-6-4-9/h1-2,7,9H,3-6H2,(H,17,18)(H2,15,16,19). The summed E-state index contributed by atoms with van der Waals surface area (Å²) in [5.74, 6) is -1.14. The van der Waals surface area contributed by atoms with E-state index in [1.165, 1.54) is 18.2 Å². The van der Waals surface area contributed by atoms with E-state index in [1.54, 1.807) is 0 Å². The number of carbonyl (C=O) groups excluding carboxylic acids is 1. The normalized spacial score (nSPS) is 15.7. The molecule has 1 aromatic carbocycles. The highest BCUT2D eigenvalue weighted by molar-refractivity contribution is 6.31. The van der Waals surface area contributed by atoms with Gasteiger partial charge in [0.15, 0.2) is 0 Å². The Balaban J connectivity index is 2.01. The van der Waals surface area contributed by atoms with E-state index in [1.807, 2.05) is 0 Å². The van der Waals surface area contributed by atoms with Crippen LogP contribution in [0.15, 0.2) is 18.2 Å². The maximum Gasteiger partial charge on any atom is 0.337 e. The average molecular weight is 299 g/mol. The zero-order valence-corrected chi connectivity index (χ0v) is 11.4. The summed E-state index contributed by atoms with van der Waals surface area (Å²) < 4.78 is 5.20. The van der Waals surface area contributed by atoms with Gasteiger partial charge in [-0.15, -0.1) is 0 Å². The Bertz CT molecular complexity index is 515. The van der Waals surface area contributed by atoms with Crippen molar-refractivity contribution in [1.82, 2.24) is 5.32 Å². The third-order valence-electron chi connectivity index (χ3n) is 3.02. The average Bonchev–Trinajstić information content (AvgIpc) is 2.41. The van der Waals surface area contributed by atoms with Crippen molar-refractivity contribution in [3.63, 3.8) is 0 Å². The zero-order chi connectivity index (χ0) is 14.5. The molecule has 0 radical (unpaired) electrons. The van der Waals surface area contributed by atoms with Crippen LogP contribution in [0.3, 0.4) is 0 Å². The van der Waals surface area contributed by atoms with E-state index < -0.39 is 12.0 Å². The molecule has 0 aliphatic carbocycles. The van der Waals surface area contributed by atoms with Gasteiger partial charge in [-0.1, -0.05) is 11.6 Å². The highest BCUT2D eigenvalue weighted by atomic mass is 35.5. The number of carboxylic acid groups (broad SMARTS) is 1. The molecule has 1 fully saturated rings. The fourth-order valence-corrected chi connectivity index (χ4v) is 2.16. The number of halogens is 1. The second-order valence-electron chi connectivity index (χ2n) is 4.48. The Morgan fingerprint density at radius 3 is 2.65 bits per heavy atom. The van der Waals surface area contributed by atoms with E-state index in [0.717, 1.165) is 12.8 Å². The lowest BCUT2D eigenvalue weighted by Crippen LogP contribution is -2.41. The van der Waals surface area contributed by atoms with Crippen molar-refractivity contribution < 1.29 is 19.4 Å². The predicted molar refractivity (Wildman–Crippen MR) is 74.4 cm³/mol. The third-order valence-corrected chi connectivity index (χ3v) is 3.25. The first-order valence-corrected chi connectivity index (χ1v) is 6.62. The fraction of sp³-hybridized carbons (Fsp3) is 0.385. The van der Waals surface area contributed by atoms with E-state index in [4.69, 9.17) is 21.4 Å². The minimum absolute atomic E-state index is 0.0420. The van der Waals surface area contributed by atoms with Crippen LogP contribution in [0.25, 0.3) is 0 Å². The van der Waals surface area contributed by atoms with Crippen LogP contribution < -0.4 is 10.6 Å². The molecule has 1 aromatic rings. The van der Waals surface area contributed by atoms with Gasteiger partial charge in [-0.25, -0.2) is 9.59 Å². The first-order valence-electron chi connectivity index (χ1n) is 6.24. The highest BCUT2D eigenvalue weighted by Crippen LogP contribution is 2.20. The van der Waals surface area contributed by atoms with Crippen LogP contribution in [0.1, 0.15) is 23.2 Å². The van der Waals surface area contributed by atoms with Crippen LogP contribution in [0.2, 0.25) is 5.02 Å². The van der Waals surface area contributed by atoms with Gasteiger partial charge in [0, 0.05) is 24.3 Å². The van der Waals surface area contributed by atoms with Gasteiger partial charge in [-0.2, -0.15) is 0 Å². The van der Waals surface area contributed by atoms with Crippen molar-refractivity contribution in [3.8, 4) is 0 Å². The molecular weight excluding hydrogens is 284 g/mol. The van der Waals surface area contributed by atoms with Crippen molar-refractivity contribution in [2.24, 2.45) is 0 Å². The number of urea groups is 1. The molecule has 0 spiro atoms. The lowest BCUT2D eigenvalue weighted by atomic mass is 10.1. The number of anilines is 1. The summed E-state index contributed by atoms with van der Waals surface area (Å²) in [5, 5.41) is 14.7. The smallest absolute Gasteiger partial charge is 0.337 e. The molecule has 2 rings (SSSR count). The maximum atomic E-state index is 11.9. The number of hydrogen-bond acceptors (Lipinski definition) is 3. The molecular formula is C13H15ClN2O4. The van der Waals surface area contributed by atoms with E-state index in [2.05, 4.69) is 10.6 Å². The van der Waals surface area contributed by atoms with E-state index >= 15 is 0 Å². The molecule has 2 amide bonds. The third kappa shape index (κ3) is 3.85. The van der Waals surface area contributed by atoms with E-state index in [0.29, 0.717) is 18.2 Å². The van der Waals surface area contributed by atoms with Crippen molar-refractivity contribution in [3.05, 3.63) is 28.8 Å². The van der Waals surface area contributed by atoms with Gasteiger partial charge < -0.3 is 20.5 Å². The van der Waals surface area contributed by atoms with Gasteiger partial charge in [0.05, 0.1) is 11.3 Å². The van der Waals surface area contributed by atoms with Crippen LogP contribution in [0.4, 0.5) is 10.5 Å². The molecule has 108 valence electrons. The summed E-state index contributed by atoms with van der Waals surface area (Å²) >= 11 is 5.75. The van der Waals surface area contributed by atoms with Gasteiger partial charge in [0.25, 0.3) is 0 Å². The van der Waals surface area contributed by atoms with Crippen molar-refractivity contribution in [2.45, 2.75) is 18.9 Å². The molecule has 0 bridgehead atoms. The monoisotopic (exact) mass is 298 g/mol. The Labute approximate surface area is 121 Å². The summed E-state index contributed by atoms with van der Waals surface area (Å²) in [4.78, 5) is 23.0. The summed E-state index contributed by atoms with van der Waals surface area (Å²) in [6.45, 7) is 1.23. The van der Waals surface area contributed by atoms with Gasteiger partial charge in [0.1, 0.15) is 0 Å². The SMILES string of the molecule is O=C(Nc1ccc(Cl)cc1C(=O)O)NC1CCOCC1. The van der Waals surface area contributed by atoms with Gasteiger partial charge in [-0.3, -0.25) is 0 Å². The minimum atomic E-state index is -1.14. The van der Waals surface area contributed by atoms with Crippen LogP contribution in [0, 0.1) is 0 Å². The number of carbonyl (C=O) groups is 2. The number of benzene rings is 1. The number of hydrogen-bond donors (Lipinski definition) is 3. The van der Waals surface area contributed by atoms with E-state index in [-0.39, 0.29) is 17.3 Å². The molecule has 1 saturated heterocycles. The molecule has 0 atom stereocenters. The first-order chi connectivity index (χ1) is 9.56. The summed E-state index contributed by atoms with van der Waals surface area (Å²) in [5.41, 5.74) is 0.172. The lowest BCUT2D eigenvalue weighted by molar-refractivity contribution is 0.0698. The molecule has 6 nitrogen and oxygen atoms in total. The van der Waals surface area contributed by atoms with Gasteiger partial charge in [0.2, 0.25) is 0 Å². The first kappa shape index (κ1) is 14.6. The molecule has 0 aromatic heterocycles. The number of carboxylic acids is 1. The molecule has 7 heteroatoms.